The van der Waals surface area contributed by atoms with Crippen LogP contribution in [0.25, 0.3) is 0 Å². The third-order valence-electron chi connectivity index (χ3n) is 4.17. The van der Waals surface area contributed by atoms with Crippen molar-refractivity contribution in [1.82, 2.24) is 4.90 Å². The second-order valence-electron chi connectivity index (χ2n) is 5.60. The molecule has 2 aliphatic heterocycles. The van der Waals surface area contributed by atoms with Gasteiger partial charge in [0.25, 0.3) is 0 Å². The van der Waals surface area contributed by atoms with Crippen molar-refractivity contribution in [2.75, 3.05) is 18.2 Å². The first-order chi connectivity index (χ1) is 10.4. The van der Waals surface area contributed by atoms with Crippen molar-refractivity contribution in [3.8, 4) is 5.75 Å². The van der Waals surface area contributed by atoms with Gasteiger partial charge in [0.2, 0.25) is 11.8 Å². The van der Waals surface area contributed by atoms with E-state index in [1.54, 1.807) is 34.9 Å². The second kappa shape index (κ2) is 5.66. The first-order valence-corrected chi connectivity index (χ1v) is 8.41. The van der Waals surface area contributed by atoms with Gasteiger partial charge in [0.05, 0.1) is 17.7 Å². The van der Waals surface area contributed by atoms with Crippen LogP contribution in [0, 0.1) is 0 Å². The smallest absolute Gasteiger partial charge is 0.248 e. The van der Waals surface area contributed by atoms with E-state index in [2.05, 4.69) is 5.32 Å². The van der Waals surface area contributed by atoms with Crippen molar-refractivity contribution in [2.24, 2.45) is 0 Å². The van der Waals surface area contributed by atoms with Gasteiger partial charge in [0.15, 0.2) is 0 Å². The van der Waals surface area contributed by atoms with Gasteiger partial charge in [0.1, 0.15) is 11.8 Å². The van der Waals surface area contributed by atoms with Crippen LogP contribution in [-0.4, -0.2) is 40.5 Å². The van der Waals surface area contributed by atoms with Crippen LogP contribution in [0.2, 0.25) is 5.02 Å². The fourth-order valence-corrected chi connectivity index (χ4v) is 4.61. The number of rotatable bonds is 3. The van der Waals surface area contributed by atoms with Gasteiger partial charge in [-0.05, 0) is 31.5 Å². The summed E-state index contributed by atoms with van der Waals surface area (Å²) in [5.41, 5.74) is 0.519. The van der Waals surface area contributed by atoms with E-state index >= 15 is 0 Å². The van der Waals surface area contributed by atoms with E-state index in [9.17, 15) is 9.59 Å². The molecule has 7 heteroatoms. The van der Waals surface area contributed by atoms with Gasteiger partial charge in [-0.25, -0.2) is 0 Å². The van der Waals surface area contributed by atoms with E-state index in [4.69, 9.17) is 16.3 Å². The van der Waals surface area contributed by atoms with Gasteiger partial charge >= 0.3 is 0 Å². The Kier molecular flexibility index (Phi) is 3.99. The zero-order valence-electron chi connectivity index (χ0n) is 12.4. The summed E-state index contributed by atoms with van der Waals surface area (Å²) >= 11 is 7.64. The molecule has 0 saturated carbocycles. The van der Waals surface area contributed by atoms with Crippen molar-refractivity contribution in [3.05, 3.63) is 23.2 Å². The molecule has 2 aliphatic rings. The number of nitrogens with one attached hydrogen (secondary N) is 1. The summed E-state index contributed by atoms with van der Waals surface area (Å²) in [5, 5.41) is 3.35. The molecule has 0 aliphatic carbocycles. The Morgan fingerprint density at radius 3 is 3.05 bits per heavy atom. The maximum atomic E-state index is 12.6. The number of hydrogen-bond donors (Lipinski definition) is 1. The minimum absolute atomic E-state index is 0.0470. The summed E-state index contributed by atoms with van der Waals surface area (Å²) < 4.78 is 5.23. The van der Waals surface area contributed by atoms with Crippen LogP contribution in [-0.2, 0) is 9.59 Å². The summed E-state index contributed by atoms with van der Waals surface area (Å²) in [7, 11) is 1.53. The van der Waals surface area contributed by atoms with E-state index in [0.29, 0.717) is 28.6 Å². The number of carbonyl (C=O) groups is 2. The summed E-state index contributed by atoms with van der Waals surface area (Å²) in [6.07, 6.45) is 1.30. The molecule has 3 rings (SSSR count). The average molecular weight is 341 g/mol. The summed E-state index contributed by atoms with van der Waals surface area (Å²) in [6, 6.07) is 4.59. The number of amides is 2. The van der Waals surface area contributed by atoms with Crippen molar-refractivity contribution in [2.45, 2.75) is 30.7 Å². The van der Waals surface area contributed by atoms with Gasteiger partial charge in [-0.3, -0.25) is 9.59 Å². The predicted octanol–water partition coefficient (Wildman–Crippen LogP) is 2.74. The number of halogens is 1. The fourth-order valence-electron chi connectivity index (χ4n) is 3.01. The largest absolute Gasteiger partial charge is 0.495 e. The van der Waals surface area contributed by atoms with Crippen LogP contribution in [0.5, 0.6) is 5.75 Å². The van der Waals surface area contributed by atoms with E-state index in [1.165, 1.54) is 7.11 Å². The Morgan fingerprint density at radius 1 is 1.55 bits per heavy atom. The molecular weight excluding hydrogens is 324 g/mol. The molecule has 118 valence electrons. The Morgan fingerprint density at radius 2 is 2.32 bits per heavy atom. The van der Waals surface area contributed by atoms with E-state index in [-0.39, 0.29) is 16.7 Å². The molecule has 0 unspecified atom stereocenters. The normalized spacial score (nSPS) is 27.0. The van der Waals surface area contributed by atoms with Crippen LogP contribution in [0.4, 0.5) is 5.69 Å². The Hall–Kier alpha value is -1.40. The minimum Gasteiger partial charge on any atom is -0.495 e. The van der Waals surface area contributed by atoms with E-state index in [0.717, 1.165) is 6.42 Å². The molecule has 2 fully saturated rings. The lowest BCUT2D eigenvalue weighted by Crippen LogP contribution is -2.48. The highest BCUT2D eigenvalue weighted by molar-refractivity contribution is 8.01. The molecule has 2 saturated heterocycles. The lowest BCUT2D eigenvalue weighted by Gasteiger charge is -2.30. The number of ether oxygens (including phenoxy) is 1. The second-order valence-corrected chi connectivity index (χ2v) is 7.54. The van der Waals surface area contributed by atoms with Crippen LogP contribution in [0.1, 0.15) is 19.8 Å². The molecule has 1 aromatic rings. The molecule has 1 aromatic carbocycles. The zero-order chi connectivity index (χ0) is 15.9. The third kappa shape index (κ3) is 2.54. The van der Waals surface area contributed by atoms with E-state index in [1.807, 2.05) is 6.92 Å². The number of carbonyl (C=O) groups excluding carboxylic acids is 2. The van der Waals surface area contributed by atoms with Crippen LogP contribution < -0.4 is 10.1 Å². The van der Waals surface area contributed by atoms with Gasteiger partial charge in [-0.15, -0.1) is 11.8 Å². The topological polar surface area (TPSA) is 58.6 Å². The molecule has 0 radical (unpaired) electrons. The van der Waals surface area contributed by atoms with E-state index < -0.39 is 6.04 Å². The number of thioether (sulfide) groups is 1. The maximum Gasteiger partial charge on any atom is 0.248 e. The molecule has 0 aromatic heterocycles. The highest BCUT2D eigenvalue weighted by atomic mass is 35.5. The fraction of sp³-hybridized carbons (Fsp3) is 0.467. The highest BCUT2D eigenvalue weighted by Gasteiger charge is 2.52. The van der Waals surface area contributed by atoms with Crippen molar-refractivity contribution in [3.63, 3.8) is 0 Å². The van der Waals surface area contributed by atoms with Gasteiger partial charge in [0, 0.05) is 17.2 Å². The summed E-state index contributed by atoms with van der Waals surface area (Å²) in [5.74, 6) is 0.994. The zero-order valence-corrected chi connectivity index (χ0v) is 14.0. The lowest BCUT2D eigenvalue weighted by molar-refractivity contribution is -0.135. The van der Waals surface area contributed by atoms with Crippen LogP contribution in [0.3, 0.4) is 0 Å². The average Bonchev–Trinajstić information content (AvgIpc) is 2.96. The molecule has 2 heterocycles. The minimum atomic E-state index is -0.450. The van der Waals surface area contributed by atoms with Gasteiger partial charge in [-0.1, -0.05) is 11.6 Å². The first kappa shape index (κ1) is 15.5. The number of anilines is 1. The quantitative estimate of drug-likeness (QED) is 0.919. The molecule has 2 atom stereocenters. The van der Waals surface area contributed by atoms with Crippen molar-refractivity contribution >= 4 is 40.9 Å². The highest BCUT2D eigenvalue weighted by Crippen LogP contribution is 2.47. The standard InChI is InChI=1S/C15H17ClN2O3S/c1-15-6-5-13(19)18(15)11(8-22-15)14(20)17-10-7-9(16)3-4-12(10)21-2/h3-4,7,11H,5-6,8H2,1-2H3,(H,17,20)/t11-,15+/m0/s1. The number of nitrogens with zero attached hydrogens (tertiary/aromatic N) is 1. The molecule has 2 amide bonds. The Labute approximate surface area is 138 Å². The monoisotopic (exact) mass is 340 g/mol. The van der Waals surface area contributed by atoms with Gasteiger partial charge in [-0.2, -0.15) is 0 Å². The SMILES string of the molecule is COc1ccc(Cl)cc1NC(=O)[C@@H]1CS[C@]2(C)CCC(=O)N12. The maximum absolute atomic E-state index is 12.6. The number of fused-ring (bicyclic) bond motifs is 1. The predicted molar refractivity (Wildman–Crippen MR) is 87.4 cm³/mol. The lowest BCUT2D eigenvalue weighted by atomic mass is 10.2. The van der Waals surface area contributed by atoms with Crippen LogP contribution in [0.15, 0.2) is 18.2 Å². The van der Waals surface area contributed by atoms with Crippen LogP contribution >= 0.6 is 23.4 Å². The van der Waals surface area contributed by atoms with Crippen molar-refractivity contribution in [1.29, 1.82) is 0 Å². The molecule has 5 nitrogen and oxygen atoms in total. The molecule has 1 N–H and O–H groups in total. The molecular formula is C15H17ClN2O3S. The number of benzene rings is 1. The molecule has 0 spiro atoms. The van der Waals surface area contributed by atoms with Gasteiger partial charge < -0.3 is 15.0 Å². The van der Waals surface area contributed by atoms with Crippen molar-refractivity contribution < 1.29 is 14.3 Å². The molecule has 22 heavy (non-hydrogen) atoms. The Balaban J connectivity index is 1.81. The first-order valence-electron chi connectivity index (χ1n) is 7.05. The molecule has 0 bridgehead atoms. The summed E-state index contributed by atoms with van der Waals surface area (Å²) in [4.78, 5) is 26.2. The number of methoxy groups -OCH3 is 1. The number of hydrogen-bond acceptors (Lipinski definition) is 4. The summed E-state index contributed by atoms with van der Waals surface area (Å²) in [6.45, 7) is 2.02. The Bertz CT molecular complexity index is 639. The third-order valence-corrected chi connectivity index (χ3v) is 5.91.